The number of nitrogens with two attached hydrogens (primary N) is 1. The van der Waals surface area contributed by atoms with Crippen LogP contribution in [0.2, 0.25) is 0 Å². The van der Waals surface area contributed by atoms with E-state index in [-0.39, 0.29) is 19.1 Å². The zero-order valence-electron chi connectivity index (χ0n) is 10.8. The second-order valence-electron chi connectivity index (χ2n) is 4.05. The Labute approximate surface area is 115 Å². The standard InChI is InChI=1S/C10H14N5O4P/c1-18-3-7(19-6-20(16)17)2-15-5-14-8-9(11)12-4-13-10(8)15/h4-5,7H,2-3,6H2,1H3,(H2-,11,12,13,16,17)/p+1/t7-/m0/s1. The Morgan fingerprint density at radius 1 is 1.50 bits per heavy atom. The van der Waals surface area contributed by atoms with Gasteiger partial charge < -0.3 is 19.8 Å². The number of imidazole rings is 1. The molecule has 0 fully saturated rings. The fourth-order valence-corrected chi connectivity index (χ4v) is 2.10. The zero-order valence-corrected chi connectivity index (χ0v) is 11.7. The average Bonchev–Trinajstić information content (AvgIpc) is 2.81. The number of nitrogen functional groups attached to an aromatic ring is 1. The monoisotopic (exact) mass is 300 g/mol. The third kappa shape index (κ3) is 3.45. The summed E-state index contributed by atoms with van der Waals surface area (Å²) >= 11 is 0. The molecule has 3 N–H and O–H groups in total. The summed E-state index contributed by atoms with van der Waals surface area (Å²) in [6.45, 7) is 0.660. The number of nitrogens with zero attached hydrogens (tertiary/aromatic N) is 4. The molecule has 20 heavy (non-hydrogen) atoms. The van der Waals surface area contributed by atoms with Crippen molar-refractivity contribution >= 4 is 25.0 Å². The molecule has 0 amide bonds. The van der Waals surface area contributed by atoms with Crippen LogP contribution in [-0.2, 0) is 20.6 Å². The molecule has 2 aromatic heterocycles. The molecule has 0 spiro atoms. The largest absolute Gasteiger partial charge is 0.534 e. The lowest BCUT2D eigenvalue weighted by molar-refractivity contribution is 0.00809. The maximum absolute atomic E-state index is 10.7. The second-order valence-corrected chi connectivity index (χ2v) is 5.02. The summed E-state index contributed by atoms with van der Waals surface area (Å²) in [6, 6.07) is 0. The van der Waals surface area contributed by atoms with Crippen molar-refractivity contribution < 1.29 is 18.9 Å². The third-order valence-corrected chi connectivity index (χ3v) is 2.97. The summed E-state index contributed by atoms with van der Waals surface area (Å²) in [5, 5.41) is 0. The predicted molar refractivity (Wildman–Crippen MR) is 71.2 cm³/mol. The van der Waals surface area contributed by atoms with Crippen molar-refractivity contribution in [3.05, 3.63) is 12.7 Å². The first kappa shape index (κ1) is 14.7. The SMILES string of the molecule is COC[C@H](Cn1cnc2c(N)ncnc21)OC[P+](=O)O. The lowest BCUT2D eigenvalue weighted by atomic mass is 10.3. The van der Waals surface area contributed by atoms with Crippen LogP contribution in [0.1, 0.15) is 0 Å². The highest BCUT2D eigenvalue weighted by atomic mass is 31.1. The molecule has 0 saturated carbocycles. The molecule has 0 radical (unpaired) electrons. The Morgan fingerprint density at radius 3 is 3.00 bits per heavy atom. The topological polar surface area (TPSA) is 125 Å². The maximum Gasteiger partial charge on any atom is 0.534 e. The summed E-state index contributed by atoms with van der Waals surface area (Å²) in [5.74, 6) is 0.302. The molecule has 9 nitrogen and oxygen atoms in total. The van der Waals surface area contributed by atoms with Crippen molar-refractivity contribution in [2.24, 2.45) is 0 Å². The van der Waals surface area contributed by atoms with Crippen molar-refractivity contribution in [2.75, 3.05) is 25.8 Å². The zero-order chi connectivity index (χ0) is 14.5. The molecule has 0 saturated heterocycles. The van der Waals surface area contributed by atoms with Gasteiger partial charge in [-0.05, 0) is 4.57 Å². The summed E-state index contributed by atoms with van der Waals surface area (Å²) in [4.78, 5) is 20.9. The molecule has 2 atom stereocenters. The second kappa shape index (κ2) is 6.67. The number of anilines is 1. The van der Waals surface area contributed by atoms with Crippen LogP contribution in [0.25, 0.3) is 11.2 Å². The van der Waals surface area contributed by atoms with Crippen molar-refractivity contribution in [3.8, 4) is 0 Å². The fraction of sp³-hybridized carbons (Fsp3) is 0.500. The minimum absolute atomic E-state index is 0.243. The molecule has 0 aliphatic rings. The van der Waals surface area contributed by atoms with Crippen LogP contribution in [-0.4, -0.2) is 50.6 Å². The first-order valence-electron chi connectivity index (χ1n) is 5.77. The van der Waals surface area contributed by atoms with Crippen LogP contribution in [0.15, 0.2) is 12.7 Å². The van der Waals surface area contributed by atoms with Gasteiger partial charge >= 0.3 is 8.03 Å². The molecule has 2 heterocycles. The van der Waals surface area contributed by atoms with Crippen LogP contribution < -0.4 is 5.73 Å². The van der Waals surface area contributed by atoms with Gasteiger partial charge in [-0.1, -0.05) is 0 Å². The number of hydrogen-bond acceptors (Lipinski definition) is 7. The first-order valence-corrected chi connectivity index (χ1v) is 7.17. The number of fused-ring (bicyclic) bond motifs is 1. The van der Waals surface area contributed by atoms with Gasteiger partial charge in [0.2, 0.25) is 0 Å². The molecule has 0 aliphatic heterocycles. The summed E-state index contributed by atoms with van der Waals surface area (Å²) in [7, 11) is -0.816. The van der Waals surface area contributed by atoms with Crippen LogP contribution in [0.5, 0.6) is 0 Å². The number of rotatable bonds is 7. The Morgan fingerprint density at radius 2 is 2.30 bits per heavy atom. The van der Waals surface area contributed by atoms with E-state index in [0.717, 1.165) is 0 Å². The molecule has 0 aliphatic carbocycles. The highest BCUT2D eigenvalue weighted by Crippen LogP contribution is 2.17. The van der Waals surface area contributed by atoms with Crippen LogP contribution >= 0.6 is 8.03 Å². The van der Waals surface area contributed by atoms with Crippen LogP contribution in [0.3, 0.4) is 0 Å². The fourth-order valence-electron chi connectivity index (χ4n) is 1.76. The lowest BCUT2D eigenvalue weighted by Crippen LogP contribution is -2.25. The molecular weight excluding hydrogens is 285 g/mol. The van der Waals surface area contributed by atoms with E-state index >= 15 is 0 Å². The van der Waals surface area contributed by atoms with Crippen LogP contribution in [0, 0.1) is 0 Å². The number of aromatic nitrogens is 4. The normalized spacial score (nSPS) is 13.6. The molecule has 108 valence electrons. The van der Waals surface area contributed by atoms with Crippen molar-refractivity contribution in [2.45, 2.75) is 12.6 Å². The Balaban J connectivity index is 2.15. The summed E-state index contributed by atoms with van der Waals surface area (Å²) in [5.41, 5.74) is 6.79. The van der Waals surface area contributed by atoms with Crippen LogP contribution in [0.4, 0.5) is 5.82 Å². The van der Waals surface area contributed by atoms with E-state index in [1.807, 2.05) is 0 Å². The van der Waals surface area contributed by atoms with Gasteiger partial charge in [0.05, 0.1) is 19.5 Å². The molecule has 2 aromatic rings. The highest BCUT2D eigenvalue weighted by molar-refractivity contribution is 7.37. The summed E-state index contributed by atoms with van der Waals surface area (Å²) in [6.07, 6.45) is 2.29. The van der Waals surface area contributed by atoms with E-state index in [4.69, 9.17) is 20.1 Å². The maximum atomic E-state index is 10.7. The lowest BCUT2D eigenvalue weighted by Gasteiger charge is -2.14. The first-order chi connectivity index (χ1) is 9.61. The van der Waals surface area contributed by atoms with Gasteiger partial charge in [-0.15, -0.1) is 0 Å². The third-order valence-electron chi connectivity index (χ3n) is 2.60. The molecule has 2 rings (SSSR count). The van der Waals surface area contributed by atoms with Gasteiger partial charge in [0.1, 0.15) is 17.9 Å². The molecule has 10 heteroatoms. The van der Waals surface area contributed by atoms with Crippen molar-refractivity contribution in [1.29, 1.82) is 0 Å². The predicted octanol–water partition coefficient (Wildman–Crippen LogP) is 0.132. The Hall–Kier alpha value is -1.67. The minimum Gasteiger partial charge on any atom is -0.382 e. The van der Waals surface area contributed by atoms with Gasteiger partial charge in [-0.2, -0.15) is 4.89 Å². The van der Waals surface area contributed by atoms with Crippen molar-refractivity contribution in [3.63, 3.8) is 0 Å². The average molecular weight is 300 g/mol. The smallest absolute Gasteiger partial charge is 0.382 e. The number of ether oxygens (including phenoxy) is 2. The quantitative estimate of drug-likeness (QED) is 0.691. The highest BCUT2D eigenvalue weighted by Gasteiger charge is 2.19. The van der Waals surface area contributed by atoms with Gasteiger partial charge in [0, 0.05) is 7.11 Å². The van der Waals surface area contributed by atoms with E-state index in [2.05, 4.69) is 15.0 Å². The molecule has 0 bridgehead atoms. The minimum atomic E-state index is -2.34. The number of hydrogen-bond donors (Lipinski definition) is 2. The van der Waals surface area contributed by atoms with Crippen molar-refractivity contribution in [1.82, 2.24) is 19.5 Å². The Bertz CT molecular complexity index is 604. The van der Waals surface area contributed by atoms with Gasteiger partial charge in [-0.3, -0.25) is 0 Å². The van der Waals surface area contributed by atoms with E-state index in [9.17, 15) is 4.57 Å². The Kier molecular flexibility index (Phi) is 4.91. The van der Waals surface area contributed by atoms with Gasteiger partial charge in [-0.25, -0.2) is 15.0 Å². The van der Waals surface area contributed by atoms with E-state index in [1.54, 1.807) is 10.9 Å². The summed E-state index contributed by atoms with van der Waals surface area (Å²) < 4.78 is 22.8. The van der Waals surface area contributed by atoms with E-state index in [0.29, 0.717) is 23.5 Å². The molecule has 0 aromatic carbocycles. The van der Waals surface area contributed by atoms with E-state index in [1.165, 1.54) is 13.4 Å². The van der Waals surface area contributed by atoms with E-state index < -0.39 is 8.03 Å². The molecular formula is C10H15N5O4P+. The van der Waals surface area contributed by atoms with Gasteiger partial charge in [0.25, 0.3) is 6.35 Å². The van der Waals surface area contributed by atoms with Gasteiger partial charge in [0.15, 0.2) is 11.5 Å². The number of methoxy groups -OCH3 is 1. The molecule has 1 unspecified atom stereocenters.